The number of hydrogen-bond acceptors (Lipinski definition) is 3. The highest BCUT2D eigenvalue weighted by molar-refractivity contribution is 6.25. The first-order valence-electron chi connectivity index (χ1n) is 7.69. The number of fused-ring (bicyclic) bond motifs is 3. The number of halogens is 2. The normalized spacial score (nSPS) is 13.8. The maximum Gasteiger partial charge on any atom is 0.263 e. The Morgan fingerprint density at radius 1 is 1.12 bits per heavy atom. The fraction of sp³-hybridized carbons (Fsp3) is 0.111. The summed E-state index contributed by atoms with van der Waals surface area (Å²) in [6.45, 7) is 0.465. The monoisotopic (exact) mass is 341 g/mol. The molecule has 7 heteroatoms. The second kappa shape index (κ2) is 5.70. The summed E-state index contributed by atoms with van der Waals surface area (Å²) in [4.78, 5) is 17.0. The molecule has 4 rings (SSSR count). The van der Waals surface area contributed by atoms with Gasteiger partial charge in [0, 0.05) is 13.0 Å². The number of carbonyl (C=O) groups excluding carboxylic acids is 1. The second-order valence-corrected chi connectivity index (χ2v) is 5.70. The lowest BCUT2D eigenvalue weighted by Crippen LogP contribution is -2.23. The summed E-state index contributed by atoms with van der Waals surface area (Å²) in [5.41, 5.74) is 0.869. The molecule has 1 amide bonds. The summed E-state index contributed by atoms with van der Waals surface area (Å²) in [7, 11) is 0. The van der Waals surface area contributed by atoms with Crippen molar-refractivity contribution >= 4 is 28.2 Å². The molecule has 2 N–H and O–H groups in total. The van der Waals surface area contributed by atoms with Gasteiger partial charge < -0.3 is 15.0 Å². The van der Waals surface area contributed by atoms with Crippen molar-refractivity contribution in [3.05, 3.63) is 65.7 Å². The Kier molecular flexibility index (Phi) is 3.49. The first kappa shape index (κ1) is 15.3. The van der Waals surface area contributed by atoms with Crippen molar-refractivity contribution in [2.45, 2.75) is 13.0 Å². The van der Waals surface area contributed by atoms with E-state index in [9.17, 15) is 18.7 Å². The van der Waals surface area contributed by atoms with Gasteiger partial charge in [0.05, 0.1) is 11.0 Å². The van der Waals surface area contributed by atoms with E-state index in [1.807, 2.05) is 22.8 Å². The van der Waals surface area contributed by atoms with E-state index in [2.05, 4.69) is 10.3 Å². The topological polar surface area (TPSA) is 67.2 Å². The van der Waals surface area contributed by atoms with Crippen LogP contribution < -0.4 is 5.32 Å². The minimum absolute atomic E-state index is 0.0786. The number of nitrogens with zero attached hydrogens (tertiary/aromatic N) is 2. The number of aromatic nitrogens is 2. The molecule has 0 aliphatic carbocycles. The van der Waals surface area contributed by atoms with E-state index in [1.54, 1.807) is 6.07 Å². The summed E-state index contributed by atoms with van der Waals surface area (Å²) < 4.78 is 29.4. The van der Waals surface area contributed by atoms with E-state index < -0.39 is 23.2 Å². The fourth-order valence-corrected chi connectivity index (χ4v) is 2.99. The molecule has 0 spiro atoms. The van der Waals surface area contributed by atoms with E-state index in [-0.39, 0.29) is 23.6 Å². The van der Waals surface area contributed by atoms with E-state index >= 15 is 0 Å². The Hall–Kier alpha value is -3.22. The third-order valence-electron chi connectivity index (χ3n) is 4.17. The molecule has 0 saturated carbocycles. The minimum Gasteiger partial charge on any atom is -0.511 e. The van der Waals surface area contributed by atoms with E-state index in [0.29, 0.717) is 12.1 Å². The van der Waals surface area contributed by atoms with Crippen LogP contribution >= 0.6 is 0 Å². The van der Waals surface area contributed by atoms with Crippen LogP contribution in [0.3, 0.4) is 0 Å². The Morgan fingerprint density at radius 3 is 2.60 bits per heavy atom. The number of aryl methyl sites for hydroxylation is 1. The SMILES string of the molecule is O=C(Nc1c(F)cccc1F)C1=C(O)CCn2c1nc1ccccc12. The highest BCUT2D eigenvalue weighted by Crippen LogP contribution is 2.30. The molecule has 2 aromatic carbocycles. The first-order chi connectivity index (χ1) is 12.1. The van der Waals surface area contributed by atoms with Crippen LogP contribution in [0.1, 0.15) is 12.2 Å². The molecule has 5 nitrogen and oxygen atoms in total. The number of anilines is 1. The van der Waals surface area contributed by atoms with Gasteiger partial charge in [-0.25, -0.2) is 13.8 Å². The maximum absolute atomic E-state index is 13.8. The number of benzene rings is 2. The van der Waals surface area contributed by atoms with Crippen LogP contribution in [0.15, 0.2) is 48.2 Å². The highest BCUT2D eigenvalue weighted by atomic mass is 19.1. The van der Waals surface area contributed by atoms with Crippen molar-refractivity contribution in [2.24, 2.45) is 0 Å². The predicted molar refractivity (Wildman–Crippen MR) is 88.9 cm³/mol. The summed E-state index contributed by atoms with van der Waals surface area (Å²) in [6, 6.07) is 10.6. The number of imidazole rings is 1. The molecule has 0 bridgehead atoms. The van der Waals surface area contributed by atoms with Crippen molar-refractivity contribution in [1.29, 1.82) is 0 Å². The quantitative estimate of drug-likeness (QED) is 0.748. The number of allylic oxidation sites excluding steroid dienone is 1. The lowest BCUT2D eigenvalue weighted by atomic mass is 10.1. The molecule has 0 fully saturated rings. The highest BCUT2D eigenvalue weighted by Gasteiger charge is 2.29. The Morgan fingerprint density at radius 2 is 1.84 bits per heavy atom. The van der Waals surface area contributed by atoms with Gasteiger partial charge in [0.25, 0.3) is 5.91 Å². The van der Waals surface area contributed by atoms with Gasteiger partial charge in [-0.1, -0.05) is 18.2 Å². The fourth-order valence-electron chi connectivity index (χ4n) is 2.99. The first-order valence-corrected chi connectivity index (χ1v) is 7.69. The van der Waals surface area contributed by atoms with Gasteiger partial charge in [0.2, 0.25) is 0 Å². The molecule has 0 unspecified atom stereocenters. The molecule has 1 aliphatic rings. The zero-order chi connectivity index (χ0) is 17.6. The van der Waals surface area contributed by atoms with Crippen LogP contribution in [0.25, 0.3) is 16.6 Å². The van der Waals surface area contributed by atoms with Gasteiger partial charge in [0.15, 0.2) is 0 Å². The van der Waals surface area contributed by atoms with E-state index in [1.165, 1.54) is 6.07 Å². The number of para-hydroxylation sites is 3. The summed E-state index contributed by atoms with van der Waals surface area (Å²) >= 11 is 0. The molecule has 0 saturated heterocycles. The van der Waals surface area contributed by atoms with Gasteiger partial charge in [-0.2, -0.15) is 0 Å². The van der Waals surface area contributed by atoms with Crippen molar-refractivity contribution in [3.8, 4) is 0 Å². The molecule has 1 aliphatic heterocycles. The third-order valence-corrected chi connectivity index (χ3v) is 4.17. The molecule has 3 aromatic rings. The number of hydrogen-bond donors (Lipinski definition) is 2. The number of amides is 1. The molecular weight excluding hydrogens is 328 g/mol. The van der Waals surface area contributed by atoms with Crippen molar-refractivity contribution in [3.63, 3.8) is 0 Å². The maximum atomic E-state index is 13.8. The van der Waals surface area contributed by atoms with E-state index in [4.69, 9.17) is 0 Å². The smallest absolute Gasteiger partial charge is 0.263 e. The molecular formula is C18H13F2N3O2. The summed E-state index contributed by atoms with van der Waals surface area (Å²) in [6.07, 6.45) is 0.232. The third kappa shape index (κ3) is 2.44. The molecule has 0 atom stereocenters. The van der Waals surface area contributed by atoms with Crippen LogP contribution in [0.4, 0.5) is 14.5 Å². The standard InChI is InChI=1S/C18H13F2N3O2/c19-10-4-3-5-11(20)16(10)22-18(25)15-14(24)8-9-23-13-7-2-1-6-12(13)21-17(15)23/h1-7,24H,8-9H2,(H,22,25). The molecule has 126 valence electrons. The average molecular weight is 341 g/mol. The van der Waals surface area contributed by atoms with Crippen molar-refractivity contribution in [1.82, 2.24) is 9.55 Å². The predicted octanol–water partition coefficient (Wildman–Crippen LogP) is 3.63. The zero-order valence-corrected chi connectivity index (χ0v) is 13.0. The van der Waals surface area contributed by atoms with Crippen LogP contribution in [0.2, 0.25) is 0 Å². The van der Waals surface area contributed by atoms with Gasteiger partial charge in [-0.05, 0) is 24.3 Å². The van der Waals surface area contributed by atoms with Crippen molar-refractivity contribution < 1.29 is 18.7 Å². The average Bonchev–Trinajstić information content (AvgIpc) is 2.96. The largest absolute Gasteiger partial charge is 0.511 e. The lowest BCUT2D eigenvalue weighted by molar-refractivity contribution is -0.111. The molecule has 25 heavy (non-hydrogen) atoms. The van der Waals surface area contributed by atoms with Gasteiger partial charge in [0.1, 0.15) is 34.5 Å². The summed E-state index contributed by atoms with van der Waals surface area (Å²) in [5, 5.41) is 12.4. The van der Waals surface area contributed by atoms with Gasteiger partial charge in [-0.3, -0.25) is 4.79 Å². The van der Waals surface area contributed by atoms with Gasteiger partial charge >= 0.3 is 0 Å². The second-order valence-electron chi connectivity index (χ2n) is 5.70. The van der Waals surface area contributed by atoms with Crippen LogP contribution in [0.5, 0.6) is 0 Å². The number of rotatable bonds is 2. The van der Waals surface area contributed by atoms with Crippen LogP contribution in [-0.2, 0) is 11.3 Å². The molecule has 1 aromatic heterocycles. The Balaban J connectivity index is 1.78. The Labute approximate surface area is 141 Å². The molecule has 0 radical (unpaired) electrons. The van der Waals surface area contributed by atoms with E-state index in [0.717, 1.165) is 17.6 Å². The summed E-state index contributed by atoms with van der Waals surface area (Å²) in [5.74, 6) is -2.47. The number of aliphatic hydroxyl groups excluding tert-OH is 1. The van der Waals surface area contributed by atoms with Crippen LogP contribution in [-0.4, -0.2) is 20.6 Å². The number of aliphatic hydroxyl groups is 1. The molecule has 2 heterocycles. The minimum atomic E-state index is -0.891. The van der Waals surface area contributed by atoms with Crippen molar-refractivity contribution in [2.75, 3.05) is 5.32 Å². The Bertz CT molecular complexity index is 1020. The van der Waals surface area contributed by atoms with Gasteiger partial charge in [-0.15, -0.1) is 0 Å². The zero-order valence-electron chi connectivity index (χ0n) is 13.0. The number of carbonyl (C=O) groups is 1. The van der Waals surface area contributed by atoms with Crippen LogP contribution in [0, 0.1) is 11.6 Å². The number of nitrogens with one attached hydrogen (secondary N) is 1. The lowest BCUT2D eigenvalue weighted by Gasteiger charge is -2.18.